The van der Waals surface area contributed by atoms with E-state index < -0.39 is 24.1 Å². The molecule has 5 heteroatoms. The summed E-state index contributed by atoms with van der Waals surface area (Å²) in [5.74, 6) is -1.02. The summed E-state index contributed by atoms with van der Waals surface area (Å²) in [4.78, 5) is 24.7. The van der Waals surface area contributed by atoms with Gasteiger partial charge < -0.3 is 15.2 Å². The fourth-order valence-corrected chi connectivity index (χ4v) is 2.46. The molecular formula is C21H25NO4. The van der Waals surface area contributed by atoms with Crippen molar-refractivity contribution < 1.29 is 19.4 Å². The van der Waals surface area contributed by atoms with E-state index in [0.29, 0.717) is 11.1 Å². The van der Waals surface area contributed by atoms with Gasteiger partial charge in [-0.1, -0.05) is 74.5 Å². The summed E-state index contributed by atoms with van der Waals surface area (Å²) in [5, 5.41) is 14.0. The molecule has 2 N–H and O–H groups in total. The third-order valence-corrected chi connectivity index (χ3v) is 4.40. The standard InChI is InChI=1S/C21H25NO4/c1-15(2)16(3)22-19(23)14-26-20(24)21(25,17-10-6-4-7-11-17)18-12-8-5-9-13-18/h4-13,15-16,25H,14H2,1-3H3,(H,22,23)/t16-/m1/s1. The molecule has 1 amide bonds. The lowest BCUT2D eigenvalue weighted by atomic mass is 9.86. The summed E-state index contributed by atoms with van der Waals surface area (Å²) < 4.78 is 5.16. The minimum atomic E-state index is -1.98. The molecule has 0 aliphatic rings. The molecule has 0 aliphatic heterocycles. The average molecular weight is 355 g/mol. The molecule has 0 spiro atoms. The van der Waals surface area contributed by atoms with Crippen molar-refractivity contribution in [3.8, 4) is 0 Å². The van der Waals surface area contributed by atoms with E-state index in [0.717, 1.165) is 0 Å². The SMILES string of the molecule is CC(C)[C@@H](C)NC(=O)COC(=O)C(O)(c1ccccc1)c1ccccc1. The number of hydrogen-bond acceptors (Lipinski definition) is 4. The first-order chi connectivity index (χ1) is 12.4. The molecule has 2 aromatic rings. The molecule has 2 aromatic carbocycles. The third kappa shape index (κ3) is 4.49. The van der Waals surface area contributed by atoms with Crippen LogP contribution in [0.1, 0.15) is 31.9 Å². The monoisotopic (exact) mass is 355 g/mol. The van der Waals surface area contributed by atoms with Gasteiger partial charge in [-0.15, -0.1) is 0 Å². The number of nitrogens with one attached hydrogen (secondary N) is 1. The van der Waals surface area contributed by atoms with Gasteiger partial charge in [0.05, 0.1) is 0 Å². The van der Waals surface area contributed by atoms with Crippen LogP contribution in [0.15, 0.2) is 60.7 Å². The smallest absolute Gasteiger partial charge is 0.348 e. The molecule has 2 rings (SSSR count). The van der Waals surface area contributed by atoms with Crippen LogP contribution in [0.4, 0.5) is 0 Å². The maximum atomic E-state index is 12.7. The van der Waals surface area contributed by atoms with Gasteiger partial charge in [0, 0.05) is 6.04 Å². The summed E-state index contributed by atoms with van der Waals surface area (Å²) >= 11 is 0. The third-order valence-electron chi connectivity index (χ3n) is 4.40. The van der Waals surface area contributed by atoms with Crippen molar-refractivity contribution in [2.75, 3.05) is 6.61 Å². The maximum absolute atomic E-state index is 12.7. The van der Waals surface area contributed by atoms with Crippen molar-refractivity contribution in [3.05, 3.63) is 71.8 Å². The zero-order chi connectivity index (χ0) is 19.2. The number of amides is 1. The predicted molar refractivity (Wildman–Crippen MR) is 99.3 cm³/mol. The molecule has 0 aliphatic carbocycles. The number of hydrogen-bond donors (Lipinski definition) is 2. The van der Waals surface area contributed by atoms with Crippen LogP contribution in [-0.2, 0) is 19.9 Å². The van der Waals surface area contributed by atoms with E-state index in [1.165, 1.54) is 0 Å². The van der Waals surface area contributed by atoms with Crippen LogP contribution in [0.3, 0.4) is 0 Å². The molecular weight excluding hydrogens is 330 g/mol. The largest absolute Gasteiger partial charge is 0.453 e. The Labute approximate surface area is 154 Å². The number of carbonyl (C=O) groups is 2. The molecule has 26 heavy (non-hydrogen) atoms. The Kier molecular flexibility index (Phi) is 6.52. The zero-order valence-corrected chi connectivity index (χ0v) is 15.3. The van der Waals surface area contributed by atoms with E-state index in [4.69, 9.17) is 4.74 Å². The highest BCUT2D eigenvalue weighted by molar-refractivity contribution is 5.88. The molecule has 0 heterocycles. The minimum absolute atomic E-state index is 0.0386. The van der Waals surface area contributed by atoms with Crippen molar-refractivity contribution in [1.82, 2.24) is 5.32 Å². The van der Waals surface area contributed by atoms with Gasteiger partial charge >= 0.3 is 5.97 Å². The summed E-state index contributed by atoms with van der Waals surface area (Å²) in [6, 6.07) is 17.1. The van der Waals surface area contributed by atoms with Crippen LogP contribution in [0, 0.1) is 5.92 Å². The van der Waals surface area contributed by atoms with Crippen molar-refractivity contribution >= 4 is 11.9 Å². The zero-order valence-electron chi connectivity index (χ0n) is 15.3. The van der Waals surface area contributed by atoms with Crippen LogP contribution in [0.2, 0.25) is 0 Å². The summed E-state index contributed by atoms with van der Waals surface area (Å²) in [5.41, 5.74) is -1.22. The van der Waals surface area contributed by atoms with Crippen LogP contribution in [0.5, 0.6) is 0 Å². The van der Waals surface area contributed by atoms with Gasteiger partial charge in [0.25, 0.3) is 5.91 Å². The minimum Gasteiger partial charge on any atom is -0.453 e. The quantitative estimate of drug-likeness (QED) is 0.749. The molecule has 0 fully saturated rings. The van der Waals surface area contributed by atoms with Crippen molar-refractivity contribution in [1.29, 1.82) is 0 Å². The summed E-state index contributed by atoms with van der Waals surface area (Å²) in [7, 11) is 0. The maximum Gasteiger partial charge on any atom is 0.348 e. The van der Waals surface area contributed by atoms with Gasteiger partial charge in [-0.3, -0.25) is 4.79 Å². The number of benzene rings is 2. The predicted octanol–water partition coefficient (Wildman–Crippen LogP) is 2.63. The Morgan fingerprint density at radius 3 is 1.85 bits per heavy atom. The fourth-order valence-electron chi connectivity index (χ4n) is 2.46. The Balaban J connectivity index is 2.19. The number of aliphatic hydroxyl groups is 1. The number of rotatable bonds is 7. The lowest BCUT2D eigenvalue weighted by Gasteiger charge is -2.27. The lowest BCUT2D eigenvalue weighted by molar-refractivity contribution is -0.164. The first-order valence-corrected chi connectivity index (χ1v) is 8.65. The van der Waals surface area contributed by atoms with Gasteiger partial charge in [-0.05, 0) is 24.0 Å². The second kappa shape index (κ2) is 8.63. The van der Waals surface area contributed by atoms with Gasteiger partial charge in [-0.2, -0.15) is 0 Å². The van der Waals surface area contributed by atoms with Crippen molar-refractivity contribution in [2.45, 2.75) is 32.4 Å². The first kappa shape index (κ1) is 19.7. The van der Waals surface area contributed by atoms with Crippen LogP contribution in [0.25, 0.3) is 0 Å². The van der Waals surface area contributed by atoms with Gasteiger partial charge in [0.15, 0.2) is 6.61 Å². The highest BCUT2D eigenvalue weighted by Crippen LogP contribution is 2.30. The molecule has 1 atom stereocenters. The lowest BCUT2D eigenvalue weighted by Crippen LogP contribution is -2.42. The topological polar surface area (TPSA) is 75.6 Å². The molecule has 0 saturated heterocycles. The van der Waals surface area contributed by atoms with E-state index in [-0.39, 0.29) is 12.0 Å². The summed E-state index contributed by atoms with van der Waals surface area (Å²) in [6.45, 7) is 5.41. The molecule has 5 nitrogen and oxygen atoms in total. The van der Waals surface area contributed by atoms with E-state index in [1.807, 2.05) is 20.8 Å². The van der Waals surface area contributed by atoms with Gasteiger partial charge in [0.1, 0.15) is 0 Å². The van der Waals surface area contributed by atoms with Gasteiger partial charge in [-0.25, -0.2) is 4.79 Å². The van der Waals surface area contributed by atoms with Crippen LogP contribution in [-0.4, -0.2) is 29.6 Å². The Hall–Kier alpha value is -2.66. The number of carbonyl (C=O) groups excluding carboxylic acids is 2. The van der Waals surface area contributed by atoms with E-state index in [1.54, 1.807) is 60.7 Å². The van der Waals surface area contributed by atoms with E-state index in [9.17, 15) is 14.7 Å². The first-order valence-electron chi connectivity index (χ1n) is 8.65. The second-order valence-corrected chi connectivity index (χ2v) is 6.62. The molecule has 0 aromatic heterocycles. The average Bonchev–Trinajstić information content (AvgIpc) is 2.66. The molecule has 0 saturated carbocycles. The number of ether oxygens (including phenoxy) is 1. The van der Waals surface area contributed by atoms with E-state index >= 15 is 0 Å². The molecule has 0 bridgehead atoms. The highest BCUT2D eigenvalue weighted by Gasteiger charge is 2.41. The Bertz CT molecular complexity index is 689. The normalized spacial score (nSPS) is 12.5. The molecule has 0 unspecified atom stereocenters. The highest BCUT2D eigenvalue weighted by atomic mass is 16.6. The Morgan fingerprint density at radius 2 is 1.42 bits per heavy atom. The van der Waals surface area contributed by atoms with Crippen LogP contribution >= 0.6 is 0 Å². The number of esters is 1. The summed E-state index contributed by atoms with van der Waals surface area (Å²) in [6.07, 6.45) is 0. The second-order valence-electron chi connectivity index (χ2n) is 6.62. The fraction of sp³-hybridized carbons (Fsp3) is 0.333. The van der Waals surface area contributed by atoms with Gasteiger partial charge in [0.2, 0.25) is 5.60 Å². The molecule has 138 valence electrons. The van der Waals surface area contributed by atoms with E-state index in [2.05, 4.69) is 5.32 Å². The van der Waals surface area contributed by atoms with Crippen molar-refractivity contribution in [3.63, 3.8) is 0 Å². The molecule has 0 radical (unpaired) electrons. The van der Waals surface area contributed by atoms with Crippen molar-refractivity contribution in [2.24, 2.45) is 5.92 Å². The van der Waals surface area contributed by atoms with Crippen LogP contribution < -0.4 is 5.32 Å². The Morgan fingerprint density at radius 1 is 0.962 bits per heavy atom.